The number of carbonyl (C=O) groups is 1. The third-order valence-electron chi connectivity index (χ3n) is 4.61. The van der Waals surface area contributed by atoms with Crippen molar-refractivity contribution in [2.75, 3.05) is 18.5 Å². The van der Waals surface area contributed by atoms with Gasteiger partial charge in [-0.25, -0.2) is 4.39 Å². The average molecular weight is 465 g/mol. The van der Waals surface area contributed by atoms with Crippen molar-refractivity contribution in [3.05, 3.63) is 88.2 Å². The lowest BCUT2D eigenvalue weighted by Gasteiger charge is -2.15. The Morgan fingerprint density at radius 2 is 1.88 bits per heavy atom. The third kappa shape index (κ3) is 6.34. The van der Waals surface area contributed by atoms with Crippen molar-refractivity contribution in [1.82, 2.24) is 0 Å². The second-order valence-corrected chi connectivity index (χ2v) is 7.52. The molecule has 5 nitrogen and oxygen atoms in total. The van der Waals surface area contributed by atoms with Crippen molar-refractivity contribution in [2.24, 2.45) is 0 Å². The van der Waals surface area contributed by atoms with Gasteiger partial charge in [-0.1, -0.05) is 47.5 Å². The van der Waals surface area contributed by atoms with Crippen molar-refractivity contribution in [1.29, 1.82) is 5.26 Å². The van der Waals surface area contributed by atoms with Gasteiger partial charge in [0.2, 0.25) is 0 Å². The Morgan fingerprint density at radius 3 is 2.55 bits per heavy atom. The minimum Gasteiger partial charge on any atom is -0.490 e. The molecule has 3 aromatic rings. The summed E-state index contributed by atoms with van der Waals surface area (Å²) in [5.41, 5.74) is 2.59. The first-order valence-corrected chi connectivity index (χ1v) is 10.6. The maximum absolute atomic E-state index is 14.1. The van der Waals surface area contributed by atoms with Gasteiger partial charge in [0.15, 0.2) is 18.1 Å². The Hall–Kier alpha value is -3.82. The van der Waals surface area contributed by atoms with E-state index in [1.807, 2.05) is 25.1 Å². The number of ether oxygens (including phenoxy) is 2. The molecule has 33 heavy (non-hydrogen) atoms. The van der Waals surface area contributed by atoms with Gasteiger partial charge >= 0.3 is 0 Å². The first-order valence-electron chi connectivity index (χ1n) is 10.2. The molecule has 0 bridgehead atoms. The van der Waals surface area contributed by atoms with Gasteiger partial charge in [-0.3, -0.25) is 4.79 Å². The molecular formula is C26H22ClFN2O3. The Kier molecular flexibility index (Phi) is 8.06. The molecule has 0 radical (unpaired) electrons. The molecule has 0 saturated carbocycles. The SMILES string of the molecule is CCOc1cc(C=C(C#N)c2ccccc2F)cc(Cl)c1OCC(=O)Nc1ccc(C)cc1. The average Bonchev–Trinajstić information content (AvgIpc) is 2.79. The molecule has 3 aromatic carbocycles. The quantitative estimate of drug-likeness (QED) is 0.315. The number of amides is 1. The molecule has 0 aliphatic rings. The van der Waals surface area contributed by atoms with Gasteiger partial charge in [-0.2, -0.15) is 5.26 Å². The Morgan fingerprint density at radius 1 is 1.15 bits per heavy atom. The lowest BCUT2D eigenvalue weighted by molar-refractivity contribution is -0.118. The van der Waals surface area contributed by atoms with Gasteiger partial charge in [0.05, 0.1) is 23.3 Å². The zero-order chi connectivity index (χ0) is 23.8. The number of allylic oxidation sites excluding steroid dienone is 1. The van der Waals surface area contributed by atoms with Crippen molar-refractivity contribution in [3.63, 3.8) is 0 Å². The topological polar surface area (TPSA) is 71.3 Å². The van der Waals surface area contributed by atoms with E-state index in [1.165, 1.54) is 18.2 Å². The number of carbonyl (C=O) groups excluding carboxylic acids is 1. The Bertz CT molecular complexity index is 1220. The molecule has 0 aromatic heterocycles. The summed E-state index contributed by atoms with van der Waals surface area (Å²) in [4.78, 5) is 12.3. The fourth-order valence-electron chi connectivity index (χ4n) is 3.06. The molecule has 0 saturated heterocycles. The Balaban J connectivity index is 1.82. The zero-order valence-electron chi connectivity index (χ0n) is 18.2. The summed E-state index contributed by atoms with van der Waals surface area (Å²) >= 11 is 6.41. The minimum atomic E-state index is -0.499. The first-order chi connectivity index (χ1) is 15.9. The van der Waals surface area contributed by atoms with E-state index >= 15 is 0 Å². The zero-order valence-corrected chi connectivity index (χ0v) is 18.9. The first kappa shape index (κ1) is 23.8. The molecule has 0 aliphatic carbocycles. The van der Waals surface area contributed by atoms with Gasteiger partial charge in [-0.15, -0.1) is 0 Å². The predicted molar refractivity (Wildman–Crippen MR) is 128 cm³/mol. The monoisotopic (exact) mass is 464 g/mol. The Labute approximate surface area is 197 Å². The normalized spacial score (nSPS) is 10.9. The molecule has 1 amide bonds. The van der Waals surface area contributed by atoms with Crippen molar-refractivity contribution < 1.29 is 18.7 Å². The van der Waals surface area contributed by atoms with Gasteiger partial charge < -0.3 is 14.8 Å². The van der Waals surface area contributed by atoms with Crippen LogP contribution in [0.25, 0.3) is 11.6 Å². The van der Waals surface area contributed by atoms with Gasteiger partial charge in [0, 0.05) is 11.3 Å². The highest BCUT2D eigenvalue weighted by atomic mass is 35.5. The smallest absolute Gasteiger partial charge is 0.262 e. The number of nitrogens with one attached hydrogen (secondary N) is 1. The van der Waals surface area contributed by atoms with Crippen LogP contribution in [0.4, 0.5) is 10.1 Å². The van der Waals surface area contributed by atoms with E-state index in [2.05, 4.69) is 5.32 Å². The molecule has 0 fully saturated rings. The van der Waals surface area contributed by atoms with Crippen LogP contribution in [0.3, 0.4) is 0 Å². The number of benzene rings is 3. The fourth-order valence-corrected chi connectivity index (χ4v) is 3.34. The molecule has 0 aliphatic heterocycles. The number of halogens is 2. The van der Waals surface area contributed by atoms with Crippen molar-refractivity contribution in [2.45, 2.75) is 13.8 Å². The van der Waals surface area contributed by atoms with E-state index in [-0.39, 0.29) is 34.4 Å². The van der Waals surface area contributed by atoms with E-state index < -0.39 is 5.82 Å². The van der Waals surface area contributed by atoms with E-state index in [9.17, 15) is 14.4 Å². The molecule has 3 rings (SSSR count). The maximum Gasteiger partial charge on any atom is 0.262 e. The van der Waals surface area contributed by atoms with Crippen LogP contribution in [-0.4, -0.2) is 19.1 Å². The standard InChI is InChI=1S/C26H22ClFN2O3/c1-3-32-24-14-18(12-19(15-29)21-6-4-5-7-23(21)28)13-22(27)26(24)33-16-25(31)30-20-10-8-17(2)9-11-20/h4-14H,3,16H2,1-2H3,(H,30,31). The summed E-state index contributed by atoms with van der Waals surface area (Å²) in [6.45, 7) is 3.81. The molecular weight excluding hydrogens is 443 g/mol. The van der Waals surface area contributed by atoms with Crippen LogP contribution in [0.2, 0.25) is 5.02 Å². The maximum atomic E-state index is 14.1. The number of rotatable bonds is 8. The van der Waals surface area contributed by atoms with Crippen LogP contribution < -0.4 is 14.8 Å². The van der Waals surface area contributed by atoms with Crippen LogP contribution in [0.5, 0.6) is 11.5 Å². The van der Waals surface area contributed by atoms with Gasteiger partial charge in [-0.05, 0) is 55.8 Å². The van der Waals surface area contributed by atoms with Crippen LogP contribution in [0, 0.1) is 24.1 Å². The van der Waals surface area contributed by atoms with E-state index in [4.69, 9.17) is 21.1 Å². The largest absolute Gasteiger partial charge is 0.490 e. The molecule has 168 valence electrons. The third-order valence-corrected chi connectivity index (χ3v) is 4.89. The number of anilines is 1. The minimum absolute atomic E-state index is 0.137. The number of nitrogens with zero attached hydrogens (tertiary/aromatic N) is 1. The van der Waals surface area contributed by atoms with Crippen molar-refractivity contribution in [3.8, 4) is 17.6 Å². The second kappa shape index (κ2) is 11.2. The van der Waals surface area contributed by atoms with Crippen LogP contribution in [0.15, 0.2) is 60.7 Å². The second-order valence-electron chi connectivity index (χ2n) is 7.12. The van der Waals surface area contributed by atoms with Crippen molar-refractivity contribution >= 4 is 34.8 Å². The highest BCUT2D eigenvalue weighted by Gasteiger charge is 2.15. The molecule has 0 unspecified atom stereocenters. The molecule has 0 atom stereocenters. The summed E-state index contributed by atoms with van der Waals surface area (Å²) in [5, 5.41) is 12.5. The number of nitriles is 1. The number of hydrogen-bond donors (Lipinski definition) is 1. The van der Waals surface area contributed by atoms with E-state index in [0.717, 1.165) is 5.56 Å². The number of hydrogen-bond acceptors (Lipinski definition) is 4. The molecule has 0 spiro atoms. The highest BCUT2D eigenvalue weighted by Crippen LogP contribution is 2.38. The van der Waals surface area contributed by atoms with E-state index in [0.29, 0.717) is 23.6 Å². The van der Waals surface area contributed by atoms with E-state index in [1.54, 1.807) is 43.3 Å². The summed E-state index contributed by atoms with van der Waals surface area (Å²) in [6.07, 6.45) is 1.51. The number of aryl methyl sites for hydroxylation is 1. The molecule has 7 heteroatoms. The summed E-state index contributed by atoms with van der Waals surface area (Å²) in [5.74, 6) is -0.335. The lowest BCUT2D eigenvalue weighted by Crippen LogP contribution is -2.20. The summed E-state index contributed by atoms with van der Waals surface area (Å²) < 4.78 is 25.4. The summed E-state index contributed by atoms with van der Waals surface area (Å²) in [7, 11) is 0. The molecule has 1 N–H and O–H groups in total. The fraction of sp³-hybridized carbons (Fsp3) is 0.154. The predicted octanol–water partition coefficient (Wildman–Crippen LogP) is 6.27. The highest BCUT2D eigenvalue weighted by molar-refractivity contribution is 6.32. The van der Waals surface area contributed by atoms with Crippen LogP contribution >= 0.6 is 11.6 Å². The van der Waals surface area contributed by atoms with Gasteiger partial charge in [0.25, 0.3) is 5.91 Å². The van der Waals surface area contributed by atoms with Gasteiger partial charge in [0.1, 0.15) is 5.82 Å². The summed E-state index contributed by atoms with van der Waals surface area (Å²) in [6, 6.07) is 18.6. The molecule has 0 heterocycles. The van der Waals surface area contributed by atoms with Crippen LogP contribution in [0.1, 0.15) is 23.6 Å². The van der Waals surface area contributed by atoms with Crippen LogP contribution in [-0.2, 0) is 4.79 Å². The lowest BCUT2D eigenvalue weighted by atomic mass is 10.0.